The van der Waals surface area contributed by atoms with E-state index in [2.05, 4.69) is 35.6 Å². The molecule has 3 nitrogen and oxygen atoms in total. The van der Waals surface area contributed by atoms with Crippen molar-refractivity contribution in [3.63, 3.8) is 0 Å². The maximum absolute atomic E-state index is 10.8. The number of quaternary nitrogens is 1. The van der Waals surface area contributed by atoms with Crippen LogP contribution in [0.25, 0.3) is 0 Å². The van der Waals surface area contributed by atoms with Gasteiger partial charge in [-0.05, 0) is 47.8 Å². The summed E-state index contributed by atoms with van der Waals surface area (Å²) in [6, 6.07) is 15.0. The molecule has 4 rings (SSSR count). The SMILES string of the molecule is CCC[NH+]1CCC[C@@H]2Cc3c(ccc(OCc4ccccc4)c3O)C[C@H]21.CI.[I-]. The minimum atomic E-state index is 0. The van der Waals surface area contributed by atoms with Crippen LogP contribution in [0.1, 0.15) is 42.9 Å². The molecule has 0 bridgehead atoms. The van der Waals surface area contributed by atoms with Crippen molar-refractivity contribution in [2.45, 2.75) is 51.7 Å². The van der Waals surface area contributed by atoms with Crippen molar-refractivity contribution in [1.29, 1.82) is 0 Å². The van der Waals surface area contributed by atoms with Crippen molar-refractivity contribution < 1.29 is 38.7 Å². The summed E-state index contributed by atoms with van der Waals surface area (Å²) in [6.07, 6.45) is 5.97. The van der Waals surface area contributed by atoms with Gasteiger partial charge < -0.3 is 38.7 Å². The zero-order valence-corrected chi connectivity index (χ0v) is 21.8. The highest BCUT2D eigenvalue weighted by molar-refractivity contribution is 14.1. The van der Waals surface area contributed by atoms with Gasteiger partial charge in [-0.15, -0.1) is 0 Å². The first-order chi connectivity index (χ1) is 13.8. The molecule has 160 valence electrons. The number of likely N-dealkylation sites (tertiary alicyclic amines) is 1. The molecule has 2 aromatic rings. The lowest BCUT2D eigenvalue weighted by Crippen LogP contribution is -3.18. The number of nitrogens with one attached hydrogen (secondary N) is 1. The highest BCUT2D eigenvalue weighted by Gasteiger charge is 2.39. The monoisotopic (exact) mass is 621 g/mol. The molecule has 29 heavy (non-hydrogen) atoms. The molecule has 3 atom stereocenters. The summed E-state index contributed by atoms with van der Waals surface area (Å²) in [7, 11) is 0. The summed E-state index contributed by atoms with van der Waals surface area (Å²) in [5.74, 6) is 1.70. The number of phenolic OH excluding ortho intramolecular Hbond substituents is 1. The molecule has 0 saturated carbocycles. The van der Waals surface area contributed by atoms with Gasteiger partial charge in [-0.25, -0.2) is 0 Å². The van der Waals surface area contributed by atoms with Crippen molar-refractivity contribution in [3.05, 3.63) is 59.2 Å². The van der Waals surface area contributed by atoms with Gasteiger partial charge in [0.2, 0.25) is 0 Å². The average Bonchev–Trinajstić information content (AvgIpc) is 2.75. The predicted octanol–water partition coefficient (Wildman–Crippen LogP) is 1.20. The third-order valence-electron chi connectivity index (χ3n) is 6.22. The fourth-order valence-corrected chi connectivity index (χ4v) is 4.92. The van der Waals surface area contributed by atoms with Crippen LogP contribution < -0.4 is 33.6 Å². The van der Waals surface area contributed by atoms with Gasteiger partial charge in [0.25, 0.3) is 0 Å². The summed E-state index contributed by atoms with van der Waals surface area (Å²) < 4.78 is 5.93. The smallest absolute Gasteiger partial charge is 0.161 e. The van der Waals surface area contributed by atoms with E-state index in [4.69, 9.17) is 4.74 Å². The number of piperidine rings is 1. The molecule has 5 heteroatoms. The van der Waals surface area contributed by atoms with Gasteiger partial charge in [0, 0.05) is 17.9 Å². The minimum Gasteiger partial charge on any atom is -1.00 e. The third-order valence-corrected chi connectivity index (χ3v) is 6.22. The molecule has 2 aromatic carbocycles. The van der Waals surface area contributed by atoms with E-state index in [0.29, 0.717) is 24.0 Å². The number of rotatable bonds is 5. The number of phenols is 1. The molecule has 1 aliphatic heterocycles. The van der Waals surface area contributed by atoms with Gasteiger partial charge in [-0.1, -0.05) is 65.9 Å². The fraction of sp³-hybridized carbons (Fsp3) is 0.500. The Morgan fingerprint density at radius 3 is 2.59 bits per heavy atom. The van der Waals surface area contributed by atoms with Crippen LogP contribution >= 0.6 is 22.6 Å². The van der Waals surface area contributed by atoms with Crippen LogP contribution in [0.4, 0.5) is 0 Å². The number of fused-ring (bicyclic) bond motifs is 2. The van der Waals surface area contributed by atoms with Crippen LogP contribution in [0.3, 0.4) is 0 Å². The van der Waals surface area contributed by atoms with E-state index in [1.807, 2.05) is 41.3 Å². The predicted molar refractivity (Wildman–Crippen MR) is 124 cm³/mol. The van der Waals surface area contributed by atoms with Gasteiger partial charge in [0.1, 0.15) is 6.61 Å². The number of benzene rings is 2. The number of halogens is 2. The van der Waals surface area contributed by atoms with E-state index in [1.54, 1.807) is 4.90 Å². The van der Waals surface area contributed by atoms with E-state index in [-0.39, 0.29) is 24.0 Å². The largest absolute Gasteiger partial charge is 1.00 e. The molecular formula is C24H33I2NO2. The first-order valence-electron chi connectivity index (χ1n) is 10.5. The van der Waals surface area contributed by atoms with E-state index in [1.165, 1.54) is 37.9 Å². The Balaban J connectivity index is 0.000000970. The molecule has 0 spiro atoms. The van der Waals surface area contributed by atoms with Crippen molar-refractivity contribution in [3.8, 4) is 11.5 Å². The van der Waals surface area contributed by atoms with E-state index in [9.17, 15) is 5.11 Å². The van der Waals surface area contributed by atoms with E-state index in [0.717, 1.165) is 30.0 Å². The van der Waals surface area contributed by atoms with Crippen LogP contribution in [0.5, 0.6) is 11.5 Å². The molecule has 2 aliphatic rings. The second-order valence-corrected chi connectivity index (χ2v) is 7.90. The average molecular weight is 621 g/mol. The quantitative estimate of drug-likeness (QED) is 0.389. The number of hydrogen-bond donors (Lipinski definition) is 2. The summed E-state index contributed by atoms with van der Waals surface area (Å²) in [5.41, 5.74) is 3.58. The number of hydrogen-bond acceptors (Lipinski definition) is 2. The molecule has 0 amide bonds. The fourth-order valence-electron chi connectivity index (χ4n) is 4.92. The maximum atomic E-state index is 10.8. The van der Waals surface area contributed by atoms with E-state index < -0.39 is 0 Å². The Kier molecular flexibility index (Phi) is 10.5. The summed E-state index contributed by atoms with van der Waals surface area (Å²) in [4.78, 5) is 3.75. The summed E-state index contributed by atoms with van der Waals surface area (Å²) in [5, 5.41) is 10.8. The number of alkyl halides is 1. The van der Waals surface area contributed by atoms with Crippen molar-refractivity contribution in [1.82, 2.24) is 0 Å². The lowest BCUT2D eigenvalue weighted by atomic mass is 9.75. The van der Waals surface area contributed by atoms with Crippen LogP contribution in [0.2, 0.25) is 0 Å². The second-order valence-electron chi connectivity index (χ2n) is 7.90. The molecule has 0 aromatic heterocycles. The zero-order chi connectivity index (χ0) is 19.9. The molecule has 1 unspecified atom stereocenters. The van der Waals surface area contributed by atoms with Crippen LogP contribution in [0, 0.1) is 5.92 Å². The molecule has 0 radical (unpaired) electrons. The molecular weight excluding hydrogens is 588 g/mol. The van der Waals surface area contributed by atoms with Gasteiger partial charge in [0.15, 0.2) is 11.5 Å². The Hall–Kier alpha value is -0.540. The highest BCUT2D eigenvalue weighted by atomic mass is 127. The molecule has 1 fully saturated rings. The number of ether oxygens (including phenoxy) is 1. The van der Waals surface area contributed by atoms with Gasteiger partial charge in [-0.3, -0.25) is 0 Å². The van der Waals surface area contributed by atoms with Gasteiger partial charge >= 0.3 is 0 Å². The van der Waals surface area contributed by atoms with Crippen LogP contribution in [0.15, 0.2) is 42.5 Å². The first kappa shape index (κ1) is 24.7. The van der Waals surface area contributed by atoms with Crippen molar-refractivity contribution in [2.75, 3.05) is 18.0 Å². The van der Waals surface area contributed by atoms with Crippen LogP contribution in [-0.4, -0.2) is 29.2 Å². The van der Waals surface area contributed by atoms with Crippen LogP contribution in [-0.2, 0) is 19.4 Å². The van der Waals surface area contributed by atoms with Gasteiger partial charge in [0.05, 0.1) is 19.1 Å². The highest BCUT2D eigenvalue weighted by Crippen LogP contribution is 2.39. The summed E-state index contributed by atoms with van der Waals surface area (Å²) >= 11 is 2.15. The van der Waals surface area contributed by atoms with Crippen molar-refractivity contribution in [2.24, 2.45) is 5.92 Å². The number of aromatic hydroxyl groups is 1. The Bertz CT molecular complexity index is 752. The second kappa shape index (κ2) is 12.3. The topological polar surface area (TPSA) is 33.9 Å². The maximum Gasteiger partial charge on any atom is 0.161 e. The van der Waals surface area contributed by atoms with Gasteiger partial charge in [-0.2, -0.15) is 0 Å². The third kappa shape index (κ3) is 6.00. The summed E-state index contributed by atoms with van der Waals surface area (Å²) in [6.45, 7) is 5.37. The zero-order valence-electron chi connectivity index (χ0n) is 17.5. The first-order valence-corrected chi connectivity index (χ1v) is 12.6. The van der Waals surface area contributed by atoms with Crippen molar-refractivity contribution >= 4 is 22.6 Å². The standard InChI is InChI=1S/C23H29NO2.CH3I.HI/c1-2-12-24-13-6-9-19-14-20-18(15-21(19)24)10-11-22(23(20)25)26-16-17-7-4-3-5-8-17;1-2;/h3-5,7-8,10-11,19,21,25H,2,6,9,12-16H2,1H3;1H3;1H/t19-,21-;;/m1../s1. The molecule has 1 aliphatic carbocycles. The Morgan fingerprint density at radius 1 is 1.10 bits per heavy atom. The molecule has 1 saturated heterocycles. The minimum absolute atomic E-state index is 0. The molecule has 1 heterocycles. The lowest BCUT2D eigenvalue weighted by molar-refractivity contribution is -0.935. The lowest BCUT2D eigenvalue weighted by Gasteiger charge is -2.42. The van der Waals surface area contributed by atoms with E-state index >= 15 is 0 Å². The Morgan fingerprint density at radius 2 is 1.86 bits per heavy atom. The normalized spacial score (nSPS) is 22.2. The molecule has 2 N–H and O–H groups in total. The Labute approximate surface area is 206 Å².